The van der Waals surface area contributed by atoms with Crippen LogP contribution in [-0.2, 0) is 0 Å². The Hall–Kier alpha value is -4.69. The monoisotopic (exact) mass is 522 g/mol. The van der Waals surface area contributed by atoms with E-state index in [4.69, 9.17) is 11.6 Å². The summed E-state index contributed by atoms with van der Waals surface area (Å²) in [7, 11) is 0. The molecule has 9 nitrogen and oxygen atoms in total. The first-order valence-electron chi connectivity index (χ1n) is 10.9. The minimum Gasteiger partial charge on any atom is -0.395 e. The number of fused-ring (bicyclic) bond motifs is 1. The SMILES string of the molecule is Cc1cnc(Nc2ccc3c(c2)OC(F)(F)O3)nc1-n1ccc(C(=O)NC(C#N)c2cccc(Cl)c2)c1. The van der Waals surface area contributed by atoms with Gasteiger partial charge in [-0.1, -0.05) is 23.7 Å². The number of ether oxygens (including phenoxy) is 2. The van der Waals surface area contributed by atoms with E-state index in [1.54, 1.807) is 60.4 Å². The molecule has 186 valence electrons. The van der Waals surface area contributed by atoms with E-state index in [2.05, 4.69) is 36.1 Å². The fourth-order valence-corrected chi connectivity index (χ4v) is 3.86. The Bertz CT molecular complexity index is 1550. The van der Waals surface area contributed by atoms with Crippen molar-refractivity contribution in [3.05, 3.63) is 88.8 Å². The number of aromatic nitrogens is 3. The summed E-state index contributed by atoms with van der Waals surface area (Å²) in [5.41, 5.74) is 2.00. The zero-order chi connectivity index (χ0) is 26.2. The number of carbonyl (C=O) groups is 1. The van der Waals surface area contributed by atoms with Crippen LogP contribution in [0.4, 0.5) is 20.4 Å². The van der Waals surface area contributed by atoms with Gasteiger partial charge in [0.15, 0.2) is 11.5 Å². The molecule has 5 rings (SSSR count). The maximum absolute atomic E-state index is 13.3. The highest BCUT2D eigenvalue weighted by Gasteiger charge is 2.43. The Morgan fingerprint density at radius 2 is 2.00 bits per heavy atom. The molecule has 1 unspecified atom stereocenters. The number of carbonyl (C=O) groups excluding carboxylic acids is 1. The lowest BCUT2D eigenvalue weighted by Gasteiger charge is -2.12. The zero-order valence-electron chi connectivity index (χ0n) is 19.1. The number of anilines is 2. The predicted molar refractivity (Wildman–Crippen MR) is 129 cm³/mol. The Morgan fingerprint density at radius 1 is 1.19 bits per heavy atom. The minimum atomic E-state index is -3.71. The maximum atomic E-state index is 13.3. The van der Waals surface area contributed by atoms with Crippen molar-refractivity contribution in [2.24, 2.45) is 0 Å². The normalized spacial score (nSPS) is 14.0. The lowest BCUT2D eigenvalue weighted by molar-refractivity contribution is -0.286. The summed E-state index contributed by atoms with van der Waals surface area (Å²) in [4.78, 5) is 21.5. The molecule has 1 atom stereocenters. The van der Waals surface area contributed by atoms with Gasteiger partial charge in [0.2, 0.25) is 5.95 Å². The smallest absolute Gasteiger partial charge is 0.395 e. The van der Waals surface area contributed by atoms with Crippen molar-refractivity contribution in [2.75, 3.05) is 5.32 Å². The molecule has 3 heterocycles. The molecule has 0 spiro atoms. The molecule has 0 radical (unpaired) electrons. The van der Waals surface area contributed by atoms with E-state index < -0.39 is 18.2 Å². The van der Waals surface area contributed by atoms with Gasteiger partial charge < -0.3 is 24.7 Å². The fraction of sp³-hybridized carbons (Fsp3) is 0.120. The van der Waals surface area contributed by atoms with Gasteiger partial charge in [-0.05, 0) is 42.8 Å². The molecule has 0 saturated heterocycles. The Morgan fingerprint density at radius 3 is 2.78 bits per heavy atom. The molecule has 2 aromatic carbocycles. The highest BCUT2D eigenvalue weighted by atomic mass is 35.5. The van der Waals surface area contributed by atoms with Gasteiger partial charge in [0.05, 0.1) is 11.6 Å². The predicted octanol–water partition coefficient (Wildman–Crippen LogP) is 5.29. The number of hydrogen-bond acceptors (Lipinski definition) is 7. The van der Waals surface area contributed by atoms with Crippen LogP contribution in [0.2, 0.25) is 5.02 Å². The highest BCUT2D eigenvalue weighted by Crippen LogP contribution is 2.42. The Kier molecular flexibility index (Phi) is 6.11. The second kappa shape index (κ2) is 9.40. The third-order valence-electron chi connectivity index (χ3n) is 5.39. The molecule has 2 N–H and O–H groups in total. The van der Waals surface area contributed by atoms with Crippen molar-refractivity contribution in [2.45, 2.75) is 19.3 Å². The number of nitrogens with one attached hydrogen (secondary N) is 2. The Labute approximate surface area is 214 Å². The van der Waals surface area contributed by atoms with Crippen molar-refractivity contribution >= 4 is 29.1 Å². The average molecular weight is 523 g/mol. The van der Waals surface area contributed by atoms with Crippen LogP contribution in [0.15, 0.2) is 67.1 Å². The standard InChI is InChI=1S/C25H17ClF2N6O3/c1-14-12-30-24(31-18-5-6-20-21(10-18)37-25(27,28)36-20)33-22(14)34-8-7-16(13-34)23(35)32-19(11-29)15-3-2-4-17(26)9-15/h2-10,12-13,19H,1H3,(H,32,35)(H,30,31,33). The summed E-state index contributed by atoms with van der Waals surface area (Å²) in [6.45, 7) is 1.80. The van der Waals surface area contributed by atoms with E-state index in [0.717, 1.165) is 0 Å². The molecular weight excluding hydrogens is 506 g/mol. The molecule has 37 heavy (non-hydrogen) atoms. The summed E-state index contributed by atoms with van der Waals surface area (Å²) >= 11 is 6.00. The molecule has 1 aliphatic heterocycles. The van der Waals surface area contributed by atoms with Gasteiger partial charge in [0, 0.05) is 40.9 Å². The third-order valence-corrected chi connectivity index (χ3v) is 5.62. The second-order valence-electron chi connectivity index (χ2n) is 8.05. The number of hydrogen-bond donors (Lipinski definition) is 2. The Balaban J connectivity index is 1.33. The lowest BCUT2D eigenvalue weighted by Crippen LogP contribution is -2.27. The number of amides is 1. The van der Waals surface area contributed by atoms with Gasteiger partial charge in [-0.25, -0.2) is 4.98 Å². The number of rotatable bonds is 6. The summed E-state index contributed by atoms with van der Waals surface area (Å²) in [5, 5.41) is 15.6. The molecule has 0 fully saturated rings. The number of alkyl halides is 2. The van der Waals surface area contributed by atoms with E-state index in [-0.39, 0.29) is 17.4 Å². The molecule has 0 bridgehead atoms. The highest BCUT2D eigenvalue weighted by molar-refractivity contribution is 6.30. The average Bonchev–Trinajstić information content (AvgIpc) is 3.46. The number of nitriles is 1. The second-order valence-corrected chi connectivity index (χ2v) is 8.49. The summed E-state index contributed by atoms with van der Waals surface area (Å²) in [6.07, 6.45) is 1.09. The van der Waals surface area contributed by atoms with Gasteiger partial charge in [-0.2, -0.15) is 10.2 Å². The van der Waals surface area contributed by atoms with E-state index in [1.807, 2.05) is 0 Å². The van der Waals surface area contributed by atoms with Crippen LogP contribution in [0, 0.1) is 18.3 Å². The molecular formula is C25H17ClF2N6O3. The topological polar surface area (TPSA) is 114 Å². The van der Waals surface area contributed by atoms with Gasteiger partial charge in [-0.3, -0.25) is 4.79 Å². The van der Waals surface area contributed by atoms with Crippen LogP contribution in [-0.4, -0.2) is 26.7 Å². The molecule has 1 amide bonds. The number of benzene rings is 2. The first kappa shape index (κ1) is 24.0. The maximum Gasteiger partial charge on any atom is 0.586 e. The van der Waals surface area contributed by atoms with Crippen molar-refractivity contribution in [1.82, 2.24) is 19.9 Å². The molecule has 12 heteroatoms. The van der Waals surface area contributed by atoms with Crippen LogP contribution < -0.4 is 20.1 Å². The van der Waals surface area contributed by atoms with Crippen LogP contribution in [0.5, 0.6) is 11.5 Å². The van der Waals surface area contributed by atoms with Crippen LogP contribution >= 0.6 is 11.6 Å². The van der Waals surface area contributed by atoms with Crippen molar-refractivity contribution in [3.8, 4) is 23.4 Å². The quantitative estimate of drug-likeness (QED) is 0.353. The molecule has 4 aromatic rings. The summed E-state index contributed by atoms with van der Waals surface area (Å²) < 4.78 is 37.1. The summed E-state index contributed by atoms with van der Waals surface area (Å²) in [5.74, 6) is 0.0319. The third kappa shape index (κ3) is 5.14. The van der Waals surface area contributed by atoms with E-state index >= 15 is 0 Å². The van der Waals surface area contributed by atoms with Gasteiger partial charge in [0.25, 0.3) is 5.91 Å². The molecule has 0 aliphatic carbocycles. The van der Waals surface area contributed by atoms with E-state index in [0.29, 0.717) is 33.2 Å². The number of nitrogens with zero attached hydrogens (tertiary/aromatic N) is 4. The lowest BCUT2D eigenvalue weighted by atomic mass is 10.1. The van der Waals surface area contributed by atoms with E-state index in [9.17, 15) is 18.8 Å². The number of aryl methyl sites for hydroxylation is 1. The van der Waals surface area contributed by atoms with Crippen molar-refractivity contribution in [1.29, 1.82) is 5.26 Å². The van der Waals surface area contributed by atoms with Gasteiger partial charge >= 0.3 is 6.29 Å². The molecule has 1 aliphatic rings. The van der Waals surface area contributed by atoms with Crippen molar-refractivity contribution in [3.63, 3.8) is 0 Å². The van der Waals surface area contributed by atoms with Crippen LogP contribution in [0.1, 0.15) is 27.5 Å². The molecule has 2 aromatic heterocycles. The first-order valence-corrected chi connectivity index (χ1v) is 11.2. The van der Waals surface area contributed by atoms with Crippen LogP contribution in [0.25, 0.3) is 5.82 Å². The van der Waals surface area contributed by atoms with E-state index in [1.165, 1.54) is 18.2 Å². The van der Waals surface area contributed by atoms with Crippen LogP contribution in [0.3, 0.4) is 0 Å². The molecule has 0 saturated carbocycles. The van der Waals surface area contributed by atoms with Gasteiger partial charge in [0.1, 0.15) is 11.9 Å². The minimum absolute atomic E-state index is 0.0757. The zero-order valence-corrected chi connectivity index (χ0v) is 19.8. The largest absolute Gasteiger partial charge is 0.586 e. The summed E-state index contributed by atoms with van der Waals surface area (Å²) in [6, 6.07) is 13.7. The number of halogens is 3. The fourth-order valence-electron chi connectivity index (χ4n) is 3.66. The van der Waals surface area contributed by atoms with Crippen molar-refractivity contribution < 1.29 is 23.0 Å². The van der Waals surface area contributed by atoms with Gasteiger partial charge in [-0.15, -0.1) is 8.78 Å². The first-order chi connectivity index (χ1) is 17.7.